The van der Waals surface area contributed by atoms with Gasteiger partial charge in [-0.3, -0.25) is 9.59 Å². The number of carbonyl (C=O) groups excluding carboxylic acids is 2. The Kier molecular flexibility index (Phi) is 4.17. The molecule has 2 atom stereocenters. The number of benzene rings is 2. The lowest BCUT2D eigenvalue weighted by atomic mass is 10.0. The van der Waals surface area contributed by atoms with Crippen LogP contribution < -0.4 is 10.2 Å². The van der Waals surface area contributed by atoms with E-state index in [0.29, 0.717) is 13.0 Å². The van der Waals surface area contributed by atoms with Gasteiger partial charge in [-0.15, -0.1) is 0 Å². The van der Waals surface area contributed by atoms with Crippen LogP contribution in [0.2, 0.25) is 0 Å². The maximum atomic E-state index is 12.9. The molecule has 0 saturated carbocycles. The van der Waals surface area contributed by atoms with Crippen molar-refractivity contribution in [3.8, 4) is 0 Å². The SMILES string of the molecule is C[C@H]1CNCCN1C(=O)C1CC(=O)N(c2cccc3ccccc23)C1. The van der Waals surface area contributed by atoms with Gasteiger partial charge in [0, 0.05) is 44.0 Å². The summed E-state index contributed by atoms with van der Waals surface area (Å²) in [6.07, 6.45) is 0.304. The Morgan fingerprint density at radius 1 is 1.16 bits per heavy atom. The van der Waals surface area contributed by atoms with Crippen LogP contribution in [0.15, 0.2) is 42.5 Å². The number of hydrogen-bond acceptors (Lipinski definition) is 3. The summed E-state index contributed by atoms with van der Waals surface area (Å²) < 4.78 is 0. The highest BCUT2D eigenvalue weighted by molar-refractivity contribution is 6.07. The van der Waals surface area contributed by atoms with Crippen molar-refractivity contribution in [2.24, 2.45) is 5.92 Å². The number of carbonyl (C=O) groups is 2. The van der Waals surface area contributed by atoms with Gasteiger partial charge in [-0.05, 0) is 18.4 Å². The summed E-state index contributed by atoms with van der Waals surface area (Å²) >= 11 is 0. The number of piperazine rings is 1. The summed E-state index contributed by atoms with van der Waals surface area (Å²) in [6, 6.07) is 14.2. The van der Waals surface area contributed by atoms with Gasteiger partial charge >= 0.3 is 0 Å². The van der Waals surface area contributed by atoms with Crippen LogP contribution >= 0.6 is 0 Å². The van der Waals surface area contributed by atoms with Gasteiger partial charge < -0.3 is 15.1 Å². The summed E-state index contributed by atoms with van der Waals surface area (Å²) in [5, 5.41) is 5.47. The normalized spacial score (nSPS) is 24.1. The number of anilines is 1. The van der Waals surface area contributed by atoms with Gasteiger partial charge in [0.25, 0.3) is 0 Å². The van der Waals surface area contributed by atoms with Crippen LogP contribution in [0.4, 0.5) is 5.69 Å². The minimum Gasteiger partial charge on any atom is -0.337 e. The molecule has 0 bridgehead atoms. The average Bonchev–Trinajstić information content (AvgIpc) is 3.02. The third-order valence-corrected chi connectivity index (χ3v) is 5.32. The summed E-state index contributed by atoms with van der Waals surface area (Å²) in [6.45, 7) is 4.90. The maximum Gasteiger partial charge on any atom is 0.228 e. The molecular formula is C20H23N3O2. The van der Waals surface area contributed by atoms with Crippen molar-refractivity contribution in [3.63, 3.8) is 0 Å². The van der Waals surface area contributed by atoms with E-state index < -0.39 is 0 Å². The van der Waals surface area contributed by atoms with Crippen LogP contribution in [0.25, 0.3) is 10.8 Å². The highest BCUT2D eigenvalue weighted by atomic mass is 16.2. The molecule has 2 saturated heterocycles. The van der Waals surface area contributed by atoms with E-state index in [9.17, 15) is 9.59 Å². The number of nitrogens with one attached hydrogen (secondary N) is 1. The van der Waals surface area contributed by atoms with Gasteiger partial charge in [-0.25, -0.2) is 0 Å². The topological polar surface area (TPSA) is 52.7 Å². The molecule has 1 N–H and O–H groups in total. The predicted molar refractivity (Wildman–Crippen MR) is 98.5 cm³/mol. The maximum absolute atomic E-state index is 12.9. The van der Waals surface area contributed by atoms with E-state index in [1.807, 2.05) is 47.4 Å². The minimum absolute atomic E-state index is 0.0393. The smallest absolute Gasteiger partial charge is 0.228 e. The highest BCUT2D eigenvalue weighted by Gasteiger charge is 2.39. The highest BCUT2D eigenvalue weighted by Crippen LogP contribution is 2.32. The van der Waals surface area contributed by atoms with Crippen molar-refractivity contribution in [3.05, 3.63) is 42.5 Å². The van der Waals surface area contributed by atoms with E-state index in [2.05, 4.69) is 12.2 Å². The molecule has 2 aromatic rings. The van der Waals surface area contributed by atoms with E-state index in [4.69, 9.17) is 0 Å². The van der Waals surface area contributed by atoms with Crippen molar-refractivity contribution in [1.29, 1.82) is 0 Å². The van der Waals surface area contributed by atoms with Crippen LogP contribution in [0.3, 0.4) is 0 Å². The van der Waals surface area contributed by atoms with Crippen LogP contribution in [0.5, 0.6) is 0 Å². The fourth-order valence-corrected chi connectivity index (χ4v) is 3.95. The first-order valence-electron chi connectivity index (χ1n) is 8.94. The third kappa shape index (κ3) is 2.89. The largest absolute Gasteiger partial charge is 0.337 e. The van der Waals surface area contributed by atoms with E-state index in [1.165, 1.54) is 0 Å². The second kappa shape index (κ2) is 6.48. The zero-order valence-corrected chi connectivity index (χ0v) is 14.4. The molecule has 2 amide bonds. The van der Waals surface area contributed by atoms with E-state index in [0.717, 1.165) is 36.1 Å². The van der Waals surface area contributed by atoms with Crippen molar-refractivity contribution in [1.82, 2.24) is 10.2 Å². The van der Waals surface area contributed by atoms with Crippen molar-refractivity contribution in [2.75, 3.05) is 31.1 Å². The van der Waals surface area contributed by atoms with Crippen LogP contribution in [-0.4, -0.2) is 48.9 Å². The Morgan fingerprint density at radius 2 is 1.96 bits per heavy atom. The van der Waals surface area contributed by atoms with E-state index >= 15 is 0 Å². The first-order valence-corrected chi connectivity index (χ1v) is 8.94. The van der Waals surface area contributed by atoms with Gasteiger partial charge in [0.05, 0.1) is 11.6 Å². The van der Waals surface area contributed by atoms with Crippen LogP contribution in [0, 0.1) is 5.92 Å². The molecule has 2 heterocycles. The predicted octanol–water partition coefficient (Wildman–Crippen LogP) is 2.01. The summed E-state index contributed by atoms with van der Waals surface area (Å²) in [4.78, 5) is 29.3. The Labute approximate surface area is 147 Å². The molecule has 2 fully saturated rings. The van der Waals surface area contributed by atoms with Gasteiger partial charge in [-0.1, -0.05) is 36.4 Å². The third-order valence-electron chi connectivity index (χ3n) is 5.32. The van der Waals surface area contributed by atoms with Gasteiger partial charge in [0.1, 0.15) is 0 Å². The molecule has 5 heteroatoms. The Morgan fingerprint density at radius 3 is 2.80 bits per heavy atom. The second-order valence-electron chi connectivity index (χ2n) is 6.99. The molecule has 25 heavy (non-hydrogen) atoms. The molecule has 0 radical (unpaired) electrons. The molecule has 4 rings (SSSR count). The van der Waals surface area contributed by atoms with Crippen molar-refractivity contribution < 1.29 is 9.59 Å². The van der Waals surface area contributed by atoms with Crippen molar-refractivity contribution >= 4 is 28.3 Å². The second-order valence-corrected chi connectivity index (χ2v) is 6.99. The van der Waals surface area contributed by atoms with Gasteiger partial charge in [0.2, 0.25) is 11.8 Å². The number of amides is 2. The molecule has 0 spiro atoms. The number of rotatable bonds is 2. The summed E-state index contributed by atoms with van der Waals surface area (Å²) in [5.74, 6) is -0.0883. The molecule has 1 unspecified atom stereocenters. The quantitative estimate of drug-likeness (QED) is 0.912. The standard InChI is InChI=1S/C20H23N3O2/c1-14-12-21-9-10-22(14)20(25)16-11-19(24)23(13-16)18-8-4-6-15-5-2-3-7-17(15)18/h2-8,14,16,21H,9-13H2,1H3/t14-,16?/m0/s1. The molecule has 2 aliphatic heterocycles. The Balaban J connectivity index is 1.59. The molecule has 130 valence electrons. The number of hydrogen-bond donors (Lipinski definition) is 1. The van der Waals surface area contributed by atoms with E-state index in [1.54, 1.807) is 4.90 Å². The molecule has 5 nitrogen and oxygen atoms in total. The minimum atomic E-state index is -0.244. The zero-order chi connectivity index (χ0) is 17.4. The molecule has 2 aromatic carbocycles. The lowest BCUT2D eigenvalue weighted by Crippen LogP contribution is -2.54. The monoisotopic (exact) mass is 337 g/mol. The Hall–Kier alpha value is -2.40. The van der Waals surface area contributed by atoms with Gasteiger partial charge in [0.15, 0.2) is 0 Å². The number of fused-ring (bicyclic) bond motifs is 1. The van der Waals surface area contributed by atoms with E-state index in [-0.39, 0.29) is 23.8 Å². The zero-order valence-electron chi connectivity index (χ0n) is 14.4. The lowest BCUT2D eigenvalue weighted by Gasteiger charge is -2.35. The molecule has 2 aliphatic rings. The fourth-order valence-electron chi connectivity index (χ4n) is 3.95. The summed E-state index contributed by atoms with van der Waals surface area (Å²) in [5.41, 5.74) is 0.909. The van der Waals surface area contributed by atoms with Crippen LogP contribution in [-0.2, 0) is 9.59 Å². The molecule has 0 aromatic heterocycles. The first-order chi connectivity index (χ1) is 12.1. The van der Waals surface area contributed by atoms with Crippen LogP contribution in [0.1, 0.15) is 13.3 Å². The van der Waals surface area contributed by atoms with Gasteiger partial charge in [-0.2, -0.15) is 0 Å². The summed E-state index contributed by atoms with van der Waals surface area (Å²) in [7, 11) is 0. The lowest BCUT2D eigenvalue weighted by molar-refractivity contribution is -0.138. The van der Waals surface area contributed by atoms with Crippen molar-refractivity contribution in [2.45, 2.75) is 19.4 Å². The average molecular weight is 337 g/mol. The Bertz CT molecular complexity index is 814. The molecule has 0 aliphatic carbocycles. The molecular weight excluding hydrogens is 314 g/mol. The first kappa shape index (κ1) is 16.1. The number of nitrogens with zero attached hydrogens (tertiary/aromatic N) is 2. The fraction of sp³-hybridized carbons (Fsp3) is 0.400.